The third-order valence-corrected chi connectivity index (χ3v) is 5.93. The van der Waals surface area contributed by atoms with Gasteiger partial charge in [0.15, 0.2) is 0 Å². The quantitative estimate of drug-likeness (QED) is 0.637. The maximum atomic E-state index is 13.6. The van der Waals surface area contributed by atoms with Gasteiger partial charge < -0.3 is 4.90 Å². The second kappa shape index (κ2) is 7.00. The summed E-state index contributed by atoms with van der Waals surface area (Å²) >= 11 is 0. The molecule has 2 aromatic rings. The fourth-order valence-corrected chi connectivity index (χ4v) is 4.04. The van der Waals surface area contributed by atoms with Crippen LogP contribution in [0.15, 0.2) is 47.4 Å². The number of sulfonamides is 1. The molecule has 3 rings (SSSR count). The molecule has 2 aromatic carbocycles. The van der Waals surface area contributed by atoms with Gasteiger partial charge in [0.2, 0.25) is 10.0 Å². The van der Waals surface area contributed by atoms with Crippen LogP contribution in [0.1, 0.15) is 24.4 Å². The van der Waals surface area contributed by atoms with Crippen LogP contribution in [0, 0.1) is 15.9 Å². The largest absolute Gasteiger partial charge is 0.359 e. The molecule has 26 heavy (non-hydrogen) atoms. The number of nitrogens with one attached hydrogen (secondary N) is 1. The number of anilines is 1. The highest BCUT2D eigenvalue weighted by molar-refractivity contribution is 7.89. The summed E-state index contributed by atoms with van der Waals surface area (Å²) in [6, 6.07) is 9.82. The number of nitrogens with zero attached hydrogens (tertiary/aromatic N) is 2. The molecule has 0 bridgehead atoms. The molecule has 1 atom stereocenters. The highest BCUT2D eigenvalue weighted by Crippen LogP contribution is 2.41. The number of hydrogen-bond acceptors (Lipinski definition) is 5. The van der Waals surface area contributed by atoms with E-state index in [-0.39, 0.29) is 22.4 Å². The van der Waals surface area contributed by atoms with Crippen molar-refractivity contribution in [1.29, 1.82) is 0 Å². The summed E-state index contributed by atoms with van der Waals surface area (Å²) in [7, 11) is -2.54. The molecular formula is C17H18FN3O4S. The standard InChI is InChI=1S/C17H18FN3O4S/c1-19-26(24,25)14-7-8-16(17(11-14)21(22)23)20-9-3-6-15(20)12-4-2-5-13(18)10-12/h2,4-5,7-8,10-11,15,19H,3,6,9H2,1H3/t15-/m1/s1. The van der Waals surface area contributed by atoms with Gasteiger partial charge in [0, 0.05) is 12.6 Å². The number of rotatable bonds is 5. The minimum atomic E-state index is -3.79. The van der Waals surface area contributed by atoms with Gasteiger partial charge in [-0.3, -0.25) is 10.1 Å². The van der Waals surface area contributed by atoms with Crippen LogP contribution in [0.25, 0.3) is 0 Å². The van der Waals surface area contributed by atoms with Crippen molar-refractivity contribution < 1.29 is 17.7 Å². The van der Waals surface area contributed by atoms with Crippen molar-refractivity contribution in [2.45, 2.75) is 23.8 Å². The SMILES string of the molecule is CNS(=O)(=O)c1ccc(N2CCC[C@@H]2c2cccc(F)c2)c([N+](=O)[O-])c1. The Morgan fingerprint density at radius 1 is 1.27 bits per heavy atom. The third kappa shape index (κ3) is 3.40. The first-order valence-corrected chi connectivity index (χ1v) is 9.56. The Morgan fingerprint density at radius 3 is 2.69 bits per heavy atom. The molecule has 7 nitrogen and oxygen atoms in total. The summed E-state index contributed by atoms with van der Waals surface area (Å²) < 4.78 is 39.6. The van der Waals surface area contributed by atoms with Gasteiger partial charge in [0.25, 0.3) is 5.69 Å². The Balaban J connectivity index is 2.06. The lowest BCUT2D eigenvalue weighted by atomic mass is 10.0. The van der Waals surface area contributed by atoms with Gasteiger partial charge in [-0.2, -0.15) is 0 Å². The van der Waals surface area contributed by atoms with E-state index in [0.29, 0.717) is 12.2 Å². The maximum Gasteiger partial charge on any atom is 0.293 e. The highest BCUT2D eigenvalue weighted by Gasteiger charge is 2.32. The van der Waals surface area contributed by atoms with E-state index < -0.39 is 14.9 Å². The lowest BCUT2D eigenvalue weighted by Gasteiger charge is -2.27. The van der Waals surface area contributed by atoms with Crippen LogP contribution in [0.4, 0.5) is 15.8 Å². The number of benzene rings is 2. The van der Waals surface area contributed by atoms with Crippen LogP contribution in [-0.4, -0.2) is 26.9 Å². The van der Waals surface area contributed by atoms with E-state index in [1.165, 1.54) is 31.3 Å². The number of nitro benzene ring substituents is 1. The lowest BCUT2D eigenvalue weighted by Crippen LogP contribution is -2.24. The molecule has 1 N–H and O–H groups in total. The first-order chi connectivity index (χ1) is 12.3. The molecule has 0 radical (unpaired) electrons. The summed E-state index contributed by atoms with van der Waals surface area (Å²) in [5, 5.41) is 11.5. The van der Waals surface area contributed by atoms with Crippen molar-refractivity contribution in [2.24, 2.45) is 0 Å². The molecule has 0 unspecified atom stereocenters. The van der Waals surface area contributed by atoms with Gasteiger partial charge in [0.05, 0.1) is 15.9 Å². The van der Waals surface area contributed by atoms with E-state index in [9.17, 15) is 22.9 Å². The summed E-state index contributed by atoms with van der Waals surface area (Å²) in [6.45, 7) is 0.570. The van der Waals surface area contributed by atoms with E-state index in [1.54, 1.807) is 12.1 Å². The average molecular weight is 379 g/mol. The van der Waals surface area contributed by atoms with Crippen LogP contribution in [0.5, 0.6) is 0 Å². The highest BCUT2D eigenvalue weighted by atomic mass is 32.2. The Bertz CT molecular complexity index is 949. The minimum absolute atomic E-state index is 0.169. The van der Waals surface area contributed by atoms with Gasteiger partial charge >= 0.3 is 0 Å². The normalized spacial score (nSPS) is 17.5. The molecule has 0 aliphatic carbocycles. The molecule has 1 fully saturated rings. The molecule has 0 aromatic heterocycles. The Morgan fingerprint density at radius 2 is 2.04 bits per heavy atom. The van der Waals surface area contributed by atoms with Crippen molar-refractivity contribution in [1.82, 2.24) is 4.72 Å². The summed E-state index contributed by atoms with van der Waals surface area (Å²) in [4.78, 5) is 12.6. The Labute approximate surface area is 150 Å². The first kappa shape index (κ1) is 18.3. The predicted octanol–water partition coefficient (Wildman–Crippen LogP) is 2.98. The number of halogens is 1. The van der Waals surface area contributed by atoms with E-state index in [1.807, 2.05) is 4.90 Å². The fraction of sp³-hybridized carbons (Fsp3) is 0.294. The zero-order valence-corrected chi connectivity index (χ0v) is 14.9. The van der Waals surface area contributed by atoms with E-state index in [0.717, 1.165) is 24.5 Å². The monoisotopic (exact) mass is 379 g/mol. The number of hydrogen-bond donors (Lipinski definition) is 1. The zero-order chi connectivity index (χ0) is 18.9. The minimum Gasteiger partial charge on any atom is -0.359 e. The molecule has 0 amide bonds. The zero-order valence-electron chi connectivity index (χ0n) is 14.1. The van der Waals surface area contributed by atoms with Gasteiger partial charge in [-0.1, -0.05) is 12.1 Å². The third-order valence-electron chi connectivity index (χ3n) is 4.52. The van der Waals surface area contributed by atoms with Crippen LogP contribution >= 0.6 is 0 Å². The molecule has 138 valence electrons. The maximum absolute atomic E-state index is 13.6. The number of nitro groups is 1. The fourth-order valence-electron chi connectivity index (χ4n) is 3.29. The van der Waals surface area contributed by atoms with Crippen LogP contribution in [0.2, 0.25) is 0 Å². The Hall–Kier alpha value is -2.52. The molecule has 1 saturated heterocycles. The topological polar surface area (TPSA) is 92.6 Å². The van der Waals surface area contributed by atoms with Crippen LogP contribution in [0.3, 0.4) is 0 Å². The van der Waals surface area contributed by atoms with Gasteiger partial charge in [0.1, 0.15) is 11.5 Å². The van der Waals surface area contributed by atoms with Crippen molar-refractivity contribution in [2.75, 3.05) is 18.5 Å². The molecule has 1 aliphatic rings. The molecular weight excluding hydrogens is 361 g/mol. The van der Waals surface area contributed by atoms with Crippen molar-refractivity contribution >= 4 is 21.4 Å². The second-order valence-corrected chi connectivity index (χ2v) is 7.91. The van der Waals surface area contributed by atoms with Gasteiger partial charge in [-0.05, 0) is 49.7 Å². The molecule has 9 heteroatoms. The lowest BCUT2D eigenvalue weighted by molar-refractivity contribution is -0.384. The first-order valence-electron chi connectivity index (χ1n) is 8.07. The van der Waals surface area contributed by atoms with E-state index in [2.05, 4.69) is 4.72 Å². The van der Waals surface area contributed by atoms with Gasteiger partial charge in [-0.25, -0.2) is 17.5 Å². The average Bonchev–Trinajstić information content (AvgIpc) is 3.10. The summed E-state index contributed by atoms with van der Waals surface area (Å²) in [6.07, 6.45) is 1.53. The smallest absolute Gasteiger partial charge is 0.293 e. The molecule has 0 saturated carbocycles. The molecule has 1 heterocycles. The molecule has 1 aliphatic heterocycles. The predicted molar refractivity (Wildman–Crippen MR) is 95.1 cm³/mol. The summed E-state index contributed by atoms with van der Waals surface area (Å²) in [5.41, 5.74) is 0.783. The van der Waals surface area contributed by atoms with Crippen LogP contribution < -0.4 is 9.62 Å². The van der Waals surface area contributed by atoms with Gasteiger partial charge in [-0.15, -0.1) is 0 Å². The van der Waals surface area contributed by atoms with Crippen molar-refractivity contribution in [3.63, 3.8) is 0 Å². The van der Waals surface area contributed by atoms with Crippen molar-refractivity contribution in [3.8, 4) is 0 Å². The van der Waals surface area contributed by atoms with E-state index >= 15 is 0 Å². The van der Waals surface area contributed by atoms with E-state index in [4.69, 9.17) is 0 Å². The molecule has 0 spiro atoms. The Kier molecular flexibility index (Phi) is 4.92. The van der Waals surface area contributed by atoms with Crippen LogP contribution in [-0.2, 0) is 10.0 Å². The van der Waals surface area contributed by atoms with Crippen molar-refractivity contribution in [3.05, 3.63) is 64.0 Å². The second-order valence-electron chi connectivity index (χ2n) is 6.02. The summed E-state index contributed by atoms with van der Waals surface area (Å²) in [5.74, 6) is -0.362.